The predicted octanol–water partition coefficient (Wildman–Crippen LogP) is 1.72. The zero-order valence-electron chi connectivity index (χ0n) is 14.1. The highest BCUT2D eigenvalue weighted by molar-refractivity contribution is 7.89. The molecule has 0 bridgehead atoms. The van der Waals surface area contributed by atoms with Crippen LogP contribution in [0.25, 0.3) is 0 Å². The van der Waals surface area contributed by atoms with E-state index in [1.54, 1.807) is 13.1 Å². The molecule has 1 aromatic rings. The minimum Gasteiger partial charge on any atom is -0.275 e. The molecule has 1 amide bonds. The maximum atomic E-state index is 12.8. The summed E-state index contributed by atoms with van der Waals surface area (Å²) in [5.41, 5.74) is 1.79. The van der Waals surface area contributed by atoms with Crippen LogP contribution in [-0.2, 0) is 19.7 Å². The topological polar surface area (TPSA) is 66.9 Å². The molecule has 1 saturated heterocycles. The van der Waals surface area contributed by atoms with Crippen molar-refractivity contribution in [3.8, 4) is 0 Å². The fourth-order valence-electron chi connectivity index (χ4n) is 2.92. The van der Waals surface area contributed by atoms with Gasteiger partial charge in [-0.2, -0.15) is 4.31 Å². The molecule has 23 heavy (non-hydrogen) atoms. The third-order valence-electron chi connectivity index (χ3n) is 4.34. The molecule has 0 radical (unpaired) electrons. The van der Waals surface area contributed by atoms with Crippen LogP contribution >= 0.6 is 0 Å². The SMILES string of the molecule is CON(C)C(=O)C1CCN(S(=O)(=O)c2ccc(C)cc2C)CC1. The molecular formula is C16H24N2O4S. The molecule has 7 heteroatoms. The third kappa shape index (κ3) is 3.73. The Morgan fingerprint density at radius 3 is 2.39 bits per heavy atom. The van der Waals surface area contributed by atoms with Gasteiger partial charge in [-0.1, -0.05) is 17.7 Å². The smallest absolute Gasteiger partial charge is 0.249 e. The largest absolute Gasteiger partial charge is 0.275 e. The average molecular weight is 340 g/mol. The number of hydrogen-bond donors (Lipinski definition) is 0. The molecule has 6 nitrogen and oxygen atoms in total. The summed E-state index contributed by atoms with van der Waals surface area (Å²) in [5, 5.41) is 1.21. The van der Waals surface area contributed by atoms with Gasteiger partial charge < -0.3 is 0 Å². The Labute approximate surface area is 138 Å². The number of amides is 1. The minimum atomic E-state index is -3.51. The first-order valence-corrected chi connectivity index (χ1v) is 9.10. The first-order valence-electron chi connectivity index (χ1n) is 7.66. The van der Waals surface area contributed by atoms with E-state index < -0.39 is 10.0 Å². The van der Waals surface area contributed by atoms with Gasteiger partial charge in [-0.05, 0) is 38.3 Å². The summed E-state index contributed by atoms with van der Waals surface area (Å²) < 4.78 is 27.1. The van der Waals surface area contributed by atoms with E-state index in [9.17, 15) is 13.2 Å². The van der Waals surface area contributed by atoms with Crippen LogP contribution in [0.4, 0.5) is 0 Å². The molecule has 0 unspecified atom stereocenters. The summed E-state index contributed by atoms with van der Waals surface area (Å²) in [6.45, 7) is 4.45. The number of rotatable bonds is 4. The second-order valence-corrected chi connectivity index (χ2v) is 7.87. The van der Waals surface area contributed by atoms with Crippen LogP contribution in [-0.4, -0.2) is 50.9 Å². The molecule has 1 fully saturated rings. The lowest BCUT2D eigenvalue weighted by molar-refractivity contribution is -0.174. The van der Waals surface area contributed by atoms with E-state index in [-0.39, 0.29) is 11.8 Å². The summed E-state index contributed by atoms with van der Waals surface area (Å²) >= 11 is 0. The highest BCUT2D eigenvalue weighted by Crippen LogP contribution is 2.26. The average Bonchev–Trinajstić information content (AvgIpc) is 2.53. The summed E-state index contributed by atoms with van der Waals surface area (Å²) in [5.74, 6) is -0.290. The normalized spacial score (nSPS) is 17.2. The van der Waals surface area contributed by atoms with Crippen LogP contribution in [0.2, 0.25) is 0 Å². The molecule has 2 rings (SSSR count). The zero-order chi connectivity index (χ0) is 17.2. The molecule has 0 aliphatic carbocycles. The van der Waals surface area contributed by atoms with Crippen molar-refractivity contribution in [1.82, 2.24) is 9.37 Å². The van der Waals surface area contributed by atoms with Crippen molar-refractivity contribution in [3.63, 3.8) is 0 Å². The van der Waals surface area contributed by atoms with Gasteiger partial charge in [-0.25, -0.2) is 13.5 Å². The fraction of sp³-hybridized carbons (Fsp3) is 0.562. The van der Waals surface area contributed by atoms with E-state index >= 15 is 0 Å². The number of benzene rings is 1. The van der Waals surface area contributed by atoms with Gasteiger partial charge in [0, 0.05) is 26.1 Å². The maximum absolute atomic E-state index is 12.8. The lowest BCUT2D eigenvalue weighted by Crippen LogP contribution is -2.43. The monoisotopic (exact) mass is 340 g/mol. The molecular weight excluding hydrogens is 316 g/mol. The lowest BCUT2D eigenvalue weighted by Gasteiger charge is -2.32. The van der Waals surface area contributed by atoms with Crippen molar-refractivity contribution in [2.24, 2.45) is 5.92 Å². The molecule has 0 spiro atoms. The van der Waals surface area contributed by atoms with Gasteiger partial charge in [0.15, 0.2) is 0 Å². The number of aryl methyl sites for hydroxylation is 2. The van der Waals surface area contributed by atoms with Gasteiger partial charge >= 0.3 is 0 Å². The molecule has 0 atom stereocenters. The van der Waals surface area contributed by atoms with Gasteiger partial charge in [0.2, 0.25) is 15.9 Å². The number of piperidine rings is 1. The molecule has 1 heterocycles. The van der Waals surface area contributed by atoms with Gasteiger partial charge in [0.1, 0.15) is 0 Å². The Morgan fingerprint density at radius 1 is 1.26 bits per heavy atom. The third-order valence-corrected chi connectivity index (χ3v) is 6.39. The van der Waals surface area contributed by atoms with E-state index in [1.165, 1.54) is 16.5 Å². The summed E-state index contributed by atoms with van der Waals surface area (Å²) in [6.07, 6.45) is 1.02. The Kier molecular flexibility index (Phi) is 5.44. The number of carbonyl (C=O) groups is 1. The fourth-order valence-corrected chi connectivity index (χ4v) is 4.59. The Balaban J connectivity index is 2.11. The number of sulfonamides is 1. The highest BCUT2D eigenvalue weighted by Gasteiger charge is 2.33. The Bertz CT molecular complexity index is 679. The molecule has 0 saturated carbocycles. The van der Waals surface area contributed by atoms with E-state index in [1.807, 2.05) is 26.0 Å². The molecule has 1 aromatic carbocycles. The van der Waals surface area contributed by atoms with Crippen molar-refractivity contribution in [2.75, 3.05) is 27.2 Å². The number of hydrogen-bond acceptors (Lipinski definition) is 4. The van der Waals surface area contributed by atoms with Crippen LogP contribution in [0, 0.1) is 19.8 Å². The number of hydroxylamine groups is 2. The van der Waals surface area contributed by atoms with E-state index in [2.05, 4.69) is 0 Å². The minimum absolute atomic E-state index is 0.101. The second-order valence-electron chi connectivity index (χ2n) is 5.97. The van der Waals surface area contributed by atoms with Crippen molar-refractivity contribution in [2.45, 2.75) is 31.6 Å². The second kappa shape index (κ2) is 6.98. The number of nitrogens with zero attached hydrogens (tertiary/aromatic N) is 2. The van der Waals surface area contributed by atoms with Crippen molar-refractivity contribution >= 4 is 15.9 Å². The van der Waals surface area contributed by atoms with Gasteiger partial charge in [0.05, 0.1) is 12.0 Å². The standard InChI is InChI=1S/C16H24N2O4S/c1-12-5-6-15(13(2)11-12)23(20,21)18-9-7-14(8-10-18)16(19)17(3)22-4/h5-6,11,14H,7-10H2,1-4H3. The number of carbonyl (C=O) groups excluding carboxylic acids is 1. The van der Waals surface area contributed by atoms with E-state index in [0.29, 0.717) is 30.8 Å². The lowest BCUT2D eigenvalue weighted by atomic mass is 9.97. The highest BCUT2D eigenvalue weighted by atomic mass is 32.2. The quantitative estimate of drug-likeness (QED) is 0.783. The van der Waals surface area contributed by atoms with Crippen LogP contribution in [0.1, 0.15) is 24.0 Å². The first kappa shape index (κ1) is 17.9. The van der Waals surface area contributed by atoms with Crippen molar-refractivity contribution < 1.29 is 18.0 Å². The molecule has 1 aliphatic heterocycles. The van der Waals surface area contributed by atoms with Crippen LogP contribution in [0.5, 0.6) is 0 Å². The first-order chi connectivity index (χ1) is 10.8. The van der Waals surface area contributed by atoms with Crippen molar-refractivity contribution in [3.05, 3.63) is 29.3 Å². The summed E-state index contributed by atoms with van der Waals surface area (Å²) in [6, 6.07) is 5.34. The molecule has 0 aromatic heterocycles. The van der Waals surface area contributed by atoms with Gasteiger partial charge in [0.25, 0.3) is 0 Å². The zero-order valence-corrected chi connectivity index (χ0v) is 14.9. The summed E-state index contributed by atoms with van der Waals surface area (Å²) in [7, 11) is -0.495. The Hall–Kier alpha value is -1.44. The molecule has 128 valence electrons. The van der Waals surface area contributed by atoms with Gasteiger partial charge in [-0.15, -0.1) is 0 Å². The predicted molar refractivity (Wildman–Crippen MR) is 87.2 cm³/mol. The molecule has 1 aliphatic rings. The van der Waals surface area contributed by atoms with Crippen LogP contribution in [0.3, 0.4) is 0 Å². The summed E-state index contributed by atoms with van der Waals surface area (Å²) in [4.78, 5) is 17.3. The Morgan fingerprint density at radius 2 is 1.87 bits per heavy atom. The van der Waals surface area contributed by atoms with Gasteiger partial charge in [-0.3, -0.25) is 9.63 Å². The van der Waals surface area contributed by atoms with E-state index in [0.717, 1.165) is 11.1 Å². The van der Waals surface area contributed by atoms with E-state index in [4.69, 9.17) is 4.84 Å². The van der Waals surface area contributed by atoms with Crippen LogP contribution in [0.15, 0.2) is 23.1 Å². The maximum Gasteiger partial charge on any atom is 0.249 e. The van der Waals surface area contributed by atoms with Crippen molar-refractivity contribution in [1.29, 1.82) is 0 Å². The van der Waals surface area contributed by atoms with Crippen LogP contribution < -0.4 is 0 Å². The molecule has 0 N–H and O–H groups in total.